The molecular formula is C33H36ClFN6O2. The summed E-state index contributed by atoms with van der Waals surface area (Å²) in [5.41, 5.74) is 3.11. The number of ether oxygens (including phenoxy) is 1. The molecule has 43 heavy (non-hydrogen) atoms. The van der Waals surface area contributed by atoms with Gasteiger partial charge in [-0.05, 0) is 56.4 Å². The summed E-state index contributed by atoms with van der Waals surface area (Å²) in [5.74, 6) is -0.681. The Bertz CT molecular complexity index is 1590. The number of hydrogen-bond donors (Lipinski definition) is 0. The maximum absolute atomic E-state index is 16.5. The summed E-state index contributed by atoms with van der Waals surface area (Å²) in [5, 5.41) is 12.2. The van der Waals surface area contributed by atoms with Crippen LogP contribution in [0.25, 0.3) is 10.8 Å². The number of likely N-dealkylation sites (N-methyl/N-ethyl adjacent to an activating group) is 1. The second-order valence-electron chi connectivity index (χ2n) is 11.6. The lowest BCUT2D eigenvalue weighted by Gasteiger charge is -2.43. The van der Waals surface area contributed by atoms with Crippen molar-refractivity contribution in [1.29, 1.82) is 5.26 Å². The van der Waals surface area contributed by atoms with E-state index in [1.807, 2.05) is 23.1 Å². The van der Waals surface area contributed by atoms with Gasteiger partial charge in [0.05, 0.1) is 41.5 Å². The summed E-state index contributed by atoms with van der Waals surface area (Å²) >= 11 is 6.67. The van der Waals surface area contributed by atoms with Gasteiger partial charge in [-0.1, -0.05) is 42.4 Å². The van der Waals surface area contributed by atoms with Crippen LogP contribution in [0, 0.1) is 17.1 Å². The van der Waals surface area contributed by atoms with E-state index in [4.69, 9.17) is 21.3 Å². The van der Waals surface area contributed by atoms with E-state index in [1.54, 1.807) is 4.90 Å². The first-order chi connectivity index (χ1) is 20.9. The number of amides is 1. The minimum absolute atomic E-state index is 0.00767. The van der Waals surface area contributed by atoms with E-state index in [-0.39, 0.29) is 30.3 Å². The molecule has 8 nitrogen and oxygen atoms in total. The van der Waals surface area contributed by atoms with Gasteiger partial charge < -0.3 is 24.3 Å². The quantitative estimate of drug-likeness (QED) is 0.345. The van der Waals surface area contributed by atoms with Crippen molar-refractivity contribution in [3.8, 4) is 11.9 Å². The Kier molecular flexibility index (Phi) is 8.42. The van der Waals surface area contributed by atoms with E-state index in [1.165, 1.54) is 6.08 Å². The summed E-state index contributed by atoms with van der Waals surface area (Å²) in [7, 11) is 2.07. The van der Waals surface area contributed by atoms with Gasteiger partial charge in [-0.25, -0.2) is 4.98 Å². The van der Waals surface area contributed by atoms with Gasteiger partial charge in [-0.15, -0.1) is 0 Å². The summed E-state index contributed by atoms with van der Waals surface area (Å²) < 4.78 is 22.6. The molecule has 1 aromatic heterocycles. The molecule has 0 spiro atoms. The Hall–Kier alpha value is -3.87. The van der Waals surface area contributed by atoms with Crippen LogP contribution in [0.15, 0.2) is 49.1 Å². The molecule has 0 saturated carbocycles. The van der Waals surface area contributed by atoms with Crippen LogP contribution < -0.4 is 14.5 Å². The van der Waals surface area contributed by atoms with Crippen LogP contribution in [0.2, 0.25) is 5.02 Å². The Labute approximate surface area is 256 Å². The first-order valence-electron chi connectivity index (χ1n) is 14.9. The van der Waals surface area contributed by atoms with Crippen molar-refractivity contribution in [3.05, 3.63) is 71.2 Å². The fourth-order valence-corrected chi connectivity index (χ4v) is 7.07. The lowest BCUT2D eigenvalue weighted by molar-refractivity contribution is -0.128. The first kappa shape index (κ1) is 29.2. The van der Waals surface area contributed by atoms with Gasteiger partial charge in [0.1, 0.15) is 6.61 Å². The van der Waals surface area contributed by atoms with Crippen LogP contribution in [0.3, 0.4) is 0 Å². The number of anilines is 2. The molecule has 0 aliphatic carbocycles. The number of piperazine rings is 1. The van der Waals surface area contributed by atoms with E-state index in [2.05, 4.69) is 47.7 Å². The number of benzene rings is 2. The molecule has 1 amide bonds. The summed E-state index contributed by atoms with van der Waals surface area (Å²) in [6.45, 7) is 7.26. The number of halogens is 2. The number of carbonyl (C=O) groups is 1. The number of rotatable bonds is 7. The lowest BCUT2D eigenvalue weighted by atomic mass is 9.98. The van der Waals surface area contributed by atoms with Gasteiger partial charge in [0.2, 0.25) is 11.7 Å². The molecular weight excluding hydrogens is 567 g/mol. The van der Waals surface area contributed by atoms with Gasteiger partial charge in [0, 0.05) is 48.9 Å². The van der Waals surface area contributed by atoms with Crippen molar-refractivity contribution >= 4 is 39.7 Å². The molecule has 6 rings (SSSR count). The smallest absolute Gasteiger partial charge is 0.253 e. The van der Waals surface area contributed by atoms with E-state index in [0.29, 0.717) is 56.5 Å². The van der Waals surface area contributed by atoms with Crippen LogP contribution in [-0.2, 0) is 17.8 Å². The third kappa shape index (κ3) is 5.62. The summed E-state index contributed by atoms with van der Waals surface area (Å²) in [6, 6.07) is 14.1. The molecule has 4 heterocycles. The molecule has 2 saturated heterocycles. The maximum Gasteiger partial charge on any atom is 0.253 e. The van der Waals surface area contributed by atoms with Gasteiger partial charge >= 0.3 is 0 Å². The zero-order valence-corrected chi connectivity index (χ0v) is 25.2. The molecule has 0 radical (unpaired) electrons. The largest absolute Gasteiger partial charge is 0.474 e. The van der Waals surface area contributed by atoms with E-state index >= 15 is 4.39 Å². The Morgan fingerprint density at radius 2 is 2.00 bits per heavy atom. The number of likely N-dealkylation sites (tertiary alicyclic amines) is 1. The predicted octanol–water partition coefficient (Wildman–Crippen LogP) is 5.18. The summed E-state index contributed by atoms with van der Waals surface area (Å²) in [4.78, 5) is 25.5. The molecule has 3 aromatic rings. The lowest BCUT2D eigenvalue weighted by Crippen LogP contribution is -2.55. The Balaban J connectivity index is 1.37. The molecule has 10 heteroatoms. The van der Waals surface area contributed by atoms with Gasteiger partial charge in [0.25, 0.3) is 5.88 Å². The molecule has 2 fully saturated rings. The van der Waals surface area contributed by atoms with Crippen LogP contribution in [0.5, 0.6) is 5.88 Å². The fraction of sp³-hybridized carbons (Fsp3) is 0.424. The Morgan fingerprint density at radius 3 is 2.74 bits per heavy atom. The van der Waals surface area contributed by atoms with Crippen molar-refractivity contribution in [1.82, 2.24) is 14.8 Å². The average Bonchev–Trinajstić information content (AvgIpc) is 3.43. The molecule has 0 N–H and O–H groups in total. The highest BCUT2D eigenvalue weighted by atomic mass is 35.5. The molecule has 3 aliphatic rings. The monoisotopic (exact) mass is 602 g/mol. The molecule has 0 bridgehead atoms. The van der Waals surface area contributed by atoms with Crippen LogP contribution >= 0.6 is 11.6 Å². The molecule has 3 aliphatic heterocycles. The minimum Gasteiger partial charge on any atom is -0.474 e. The van der Waals surface area contributed by atoms with Crippen molar-refractivity contribution in [2.75, 3.05) is 56.2 Å². The number of pyridine rings is 1. The third-order valence-corrected chi connectivity index (χ3v) is 9.39. The number of fused-ring (bicyclic) bond motifs is 2. The highest BCUT2D eigenvalue weighted by Crippen LogP contribution is 2.40. The normalized spacial score (nSPS) is 20.7. The van der Waals surface area contributed by atoms with Crippen LogP contribution in [-0.4, -0.2) is 79.2 Å². The van der Waals surface area contributed by atoms with Gasteiger partial charge in [0.15, 0.2) is 0 Å². The second-order valence-corrected chi connectivity index (χ2v) is 12.0. The molecule has 0 unspecified atom stereocenters. The van der Waals surface area contributed by atoms with E-state index in [0.717, 1.165) is 47.1 Å². The first-order valence-corrected chi connectivity index (χ1v) is 15.3. The SMILES string of the molecule is C=CC(=O)N1CCN(c2c(F)c(OC[C@@H]3CCCN3C)nc3c2CCN(c2cccc4cccc(Cl)c24)C3)C[C@@H]1CC#N. The topological polar surface area (TPSA) is 75.9 Å². The minimum atomic E-state index is -0.472. The van der Waals surface area contributed by atoms with E-state index < -0.39 is 5.82 Å². The maximum atomic E-state index is 16.5. The van der Waals surface area contributed by atoms with Crippen LogP contribution in [0.4, 0.5) is 15.8 Å². The van der Waals surface area contributed by atoms with Crippen molar-refractivity contribution in [2.24, 2.45) is 0 Å². The molecule has 2 atom stereocenters. The number of nitrogens with zero attached hydrogens (tertiary/aromatic N) is 6. The van der Waals surface area contributed by atoms with Crippen molar-refractivity contribution in [3.63, 3.8) is 0 Å². The fourth-order valence-electron chi connectivity index (χ4n) is 6.79. The van der Waals surface area contributed by atoms with E-state index in [9.17, 15) is 10.1 Å². The standard InChI is InChI=1S/C33H36ClFN6O2/c1-3-29(42)41-18-17-40(19-23(41)12-14-36)32-25-13-16-39(28-11-5-8-22-7-4-10-26(34)30(22)28)20-27(25)37-33(31(32)35)43-21-24-9-6-15-38(24)2/h3-5,7-8,10-11,23-24H,1,6,9,12-13,15-21H2,2H3/t23-,24-/m0/s1. The predicted molar refractivity (Wildman–Crippen MR) is 167 cm³/mol. The van der Waals surface area contributed by atoms with Gasteiger partial charge in [-0.2, -0.15) is 9.65 Å². The van der Waals surface area contributed by atoms with Crippen molar-refractivity contribution in [2.45, 2.75) is 44.3 Å². The number of hydrogen-bond acceptors (Lipinski definition) is 7. The second kappa shape index (κ2) is 12.4. The molecule has 2 aromatic carbocycles. The summed E-state index contributed by atoms with van der Waals surface area (Å²) in [6.07, 6.45) is 4.09. The zero-order valence-electron chi connectivity index (χ0n) is 24.4. The number of nitriles is 1. The Morgan fingerprint density at radius 1 is 1.19 bits per heavy atom. The van der Waals surface area contributed by atoms with Crippen LogP contribution in [0.1, 0.15) is 30.5 Å². The molecule has 224 valence electrons. The third-order valence-electron chi connectivity index (χ3n) is 9.08. The van der Waals surface area contributed by atoms with Crippen molar-refractivity contribution < 1.29 is 13.9 Å². The number of carbonyl (C=O) groups excluding carboxylic acids is 1. The number of aromatic nitrogens is 1. The average molecular weight is 603 g/mol. The zero-order chi connectivity index (χ0) is 30.1. The highest BCUT2D eigenvalue weighted by Gasteiger charge is 2.35. The van der Waals surface area contributed by atoms with Gasteiger partial charge in [-0.3, -0.25) is 4.79 Å². The highest BCUT2D eigenvalue weighted by molar-refractivity contribution is 6.36.